The molecule has 0 unspecified atom stereocenters. The number of hydrogen-bond donors (Lipinski definition) is 2. The van der Waals surface area contributed by atoms with Gasteiger partial charge in [-0.1, -0.05) is 30.3 Å². The monoisotopic (exact) mass is 272 g/mol. The van der Waals surface area contributed by atoms with Crippen LogP contribution in [0.15, 0.2) is 42.5 Å². The summed E-state index contributed by atoms with van der Waals surface area (Å²) >= 11 is 0. The SMILES string of the molecule is N[C@@H](CO)c1nc(C=O)ccc1OCc1ccccc1. The molecule has 1 heterocycles. The topological polar surface area (TPSA) is 85.4 Å². The lowest BCUT2D eigenvalue weighted by molar-refractivity contribution is 0.111. The third-order valence-electron chi connectivity index (χ3n) is 2.81. The molecule has 0 saturated carbocycles. The van der Waals surface area contributed by atoms with Crippen molar-refractivity contribution >= 4 is 6.29 Å². The summed E-state index contributed by atoms with van der Waals surface area (Å²) in [7, 11) is 0. The van der Waals surface area contributed by atoms with Gasteiger partial charge in [-0.25, -0.2) is 4.98 Å². The maximum absolute atomic E-state index is 10.8. The molecule has 3 N–H and O–H groups in total. The lowest BCUT2D eigenvalue weighted by Gasteiger charge is -2.14. The highest BCUT2D eigenvalue weighted by Gasteiger charge is 2.14. The predicted octanol–water partition coefficient (Wildman–Crippen LogP) is 1.47. The molecule has 1 aromatic carbocycles. The molecule has 0 aliphatic heterocycles. The summed E-state index contributed by atoms with van der Waals surface area (Å²) < 4.78 is 5.68. The average Bonchev–Trinajstić information content (AvgIpc) is 2.53. The van der Waals surface area contributed by atoms with E-state index in [9.17, 15) is 4.79 Å². The second-order valence-corrected chi connectivity index (χ2v) is 4.30. The van der Waals surface area contributed by atoms with Crippen molar-refractivity contribution < 1.29 is 14.6 Å². The van der Waals surface area contributed by atoms with Gasteiger partial charge in [0.25, 0.3) is 0 Å². The molecule has 2 aromatic rings. The first kappa shape index (κ1) is 14.2. The quantitative estimate of drug-likeness (QED) is 0.778. The number of pyridine rings is 1. The molecule has 5 heteroatoms. The van der Waals surface area contributed by atoms with Crippen LogP contribution in [0.3, 0.4) is 0 Å². The molecule has 1 aromatic heterocycles. The fraction of sp³-hybridized carbons (Fsp3) is 0.200. The zero-order valence-corrected chi connectivity index (χ0v) is 10.9. The smallest absolute Gasteiger partial charge is 0.168 e. The first-order valence-electron chi connectivity index (χ1n) is 6.24. The third-order valence-corrected chi connectivity index (χ3v) is 2.81. The Bertz CT molecular complexity index is 573. The molecule has 0 spiro atoms. The van der Waals surface area contributed by atoms with E-state index in [4.69, 9.17) is 15.6 Å². The number of hydrogen-bond acceptors (Lipinski definition) is 5. The molecule has 1 atom stereocenters. The van der Waals surface area contributed by atoms with Crippen molar-refractivity contribution in [3.8, 4) is 5.75 Å². The van der Waals surface area contributed by atoms with E-state index < -0.39 is 6.04 Å². The van der Waals surface area contributed by atoms with E-state index in [1.807, 2.05) is 30.3 Å². The number of aldehydes is 1. The van der Waals surface area contributed by atoms with Crippen molar-refractivity contribution in [1.82, 2.24) is 4.98 Å². The first-order valence-corrected chi connectivity index (χ1v) is 6.24. The van der Waals surface area contributed by atoms with Crippen LogP contribution < -0.4 is 10.5 Å². The standard InChI is InChI=1S/C15H16N2O3/c16-13(9-19)15-14(7-6-12(8-18)17-15)20-10-11-4-2-1-3-5-11/h1-8,13,19H,9-10,16H2/t13-/m0/s1. The number of ether oxygens (including phenoxy) is 1. The zero-order chi connectivity index (χ0) is 14.4. The molecule has 0 aliphatic rings. The van der Waals surface area contributed by atoms with Crippen LogP contribution in [-0.4, -0.2) is 23.0 Å². The molecular weight excluding hydrogens is 256 g/mol. The Kier molecular flexibility index (Phi) is 4.81. The average molecular weight is 272 g/mol. The molecule has 2 rings (SSSR count). The molecular formula is C15H16N2O3. The van der Waals surface area contributed by atoms with Gasteiger partial charge in [-0.15, -0.1) is 0 Å². The number of nitrogens with two attached hydrogens (primary N) is 1. The van der Waals surface area contributed by atoms with Crippen LogP contribution in [0.25, 0.3) is 0 Å². The minimum atomic E-state index is -0.680. The van der Waals surface area contributed by atoms with Crippen LogP contribution in [0, 0.1) is 0 Å². The number of aliphatic hydroxyl groups is 1. The summed E-state index contributed by atoms with van der Waals surface area (Å²) in [5, 5.41) is 9.15. The molecule has 5 nitrogen and oxygen atoms in total. The number of benzene rings is 1. The number of nitrogens with zero attached hydrogens (tertiary/aromatic N) is 1. The lowest BCUT2D eigenvalue weighted by atomic mass is 10.1. The fourth-order valence-corrected chi connectivity index (χ4v) is 1.75. The molecule has 104 valence electrons. The number of rotatable bonds is 6. The Labute approximate surface area is 117 Å². The van der Waals surface area contributed by atoms with Crippen molar-refractivity contribution in [1.29, 1.82) is 0 Å². The van der Waals surface area contributed by atoms with Gasteiger partial charge in [0.15, 0.2) is 6.29 Å². The molecule has 0 radical (unpaired) electrons. The highest BCUT2D eigenvalue weighted by atomic mass is 16.5. The first-order chi connectivity index (χ1) is 9.74. The molecule has 0 aliphatic carbocycles. The van der Waals surface area contributed by atoms with Gasteiger partial charge in [0, 0.05) is 0 Å². The Morgan fingerprint density at radius 1 is 1.25 bits per heavy atom. The second kappa shape index (κ2) is 6.79. The summed E-state index contributed by atoms with van der Waals surface area (Å²) in [5.74, 6) is 0.473. The highest BCUT2D eigenvalue weighted by molar-refractivity contribution is 5.72. The summed E-state index contributed by atoms with van der Waals surface area (Å²) in [6.07, 6.45) is 0.634. The van der Waals surface area contributed by atoms with Crippen molar-refractivity contribution in [3.05, 3.63) is 59.4 Å². The molecule has 0 bridgehead atoms. The van der Waals surface area contributed by atoms with Crippen molar-refractivity contribution in [3.63, 3.8) is 0 Å². The minimum absolute atomic E-state index is 0.260. The van der Waals surface area contributed by atoms with Crippen molar-refractivity contribution in [2.24, 2.45) is 5.73 Å². The van der Waals surface area contributed by atoms with Crippen LogP contribution in [0.5, 0.6) is 5.75 Å². The van der Waals surface area contributed by atoms with Crippen molar-refractivity contribution in [2.75, 3.05) is 6.61 Å². The number of aliphatic hydroxyl groups excluding tert-OH is 1. The van der Waals surface area contributed by atoms with Crippen LogP contribution >= 0.6 is 0 Å². The van der Waals surface area contributed by atoms with Gasteiger partial charge in [0.05, 0.1) is 12.6 Å². The summed E-state index contributed by atoms with van der Waals surface area (Å²) in [6.45, 7) is 0.102. The summed E-state index contributed by atoms with van der Waals surface area (Å²) in [6, 6.07) is 12.2. The third kappa shape index (κ3) is 3.40. The van der Waals surface area contributed by atoms with Crippen LogP contribution in [-0.2, 0) is 6.61 Å². The van der Waals surface area contributed by atoms with E-state index >= 15 is 0 Å². The fourth-order valence-electron chi connectivity index (χ4n) is 1.75. The number of aromatic nitrogens is 1. The van der Waals surface area contributed by atoms with Crippen LogP contribution in [0.4, 0.5) is 0 Å². The second-order valence-electron chi connectivity index (χ2n) is 4.30. The van der Waals surface area contributed by atoms with Gasteiger partial charge >= 0.3 is 0 Å². The lowest BCUT2D eigenvalue weighted by Crippen LogP contribution is -2.18. The maximum atomic E-state index is 10.8. The van der Waals surface area contributed by atoms with E-state index in [2.05, 4.69) is 4.98 Å². The van der Waals surface area contributed by atoms with Gasteiger partial charge in [-0.3, -0.25) is 4.79 Å². The van der Waals surface area contributed by atoms with Gasteiger partial charge < -0.3 is 15.6 Å². The normalized spacial score (nSPS) is 11.9. The minimum Gasteiger partial charge on any atom is -0.487 e. The zero-order valence-electron chi connectivity index (χ0n) is 10.9. The van der Waals surface area contributed by atoms with E-state index in [0.29, 0.717) is 24.3 Å². The molecule has 20 heavy (non-hydrogen) atoms. The molecule has 0 amide bonds. The van der Waals surface area contributed by atoms with E-state index in [1.165, 1.54) is 0 Å². The summed E-state index contributed by atoms with van der Waals surface area (Å²) in [4.78, 5) is 14.8. The van der Waals surface area contributed by atoms with Crippen LogP contribution in [0.2, 0.25) is 0 Å². The largest absolute Gasteiger partial charge is 0.487 e. The van der Waals surface area contributed by atoms with Gasteiger partial charge in [0.1, 0.15) is 23.7 Å². The van der Waals surface area contributed by atoms with Gasteiger partial charge in [0.2, 0.25) is 0 Å². The predicted molar refractivity (Wildman–Crippen MR) is 74.4 cm³/mol. The molecule has 0 fully saturated rings. The van der Waals surface area contributed by atoms with E-state index in [-0.39, 0.29) is 12.3 Å². The highest BCUT2D eigenvalue weighted by Crippen LogP contribution is 2.23. The number of carbonyl (C=O) groups excluding carboxylic acids is 1. The van der Waals surface area contributed by atoms with Crippen molar-refractivity contribution in [2.45, 2.75) is 12.6 Å². The summed E-state index contributed by atoms with van der Waals surface area (Å²) in [5.41, 5.74) is 7.43. The van der Waals surface area contributed by atoms with Crippen LogP contribution in [0.1, 0.15) is 27.8 Å². The maximum Gasteiger partial charge on any atom is 0.168 e. The van der Waals surface area contributed by atoms with Gasteiger partial charge in [-0.2, -0.15) is 0 Å². The number of carbonyl (C=O) groups is 1. The van der Waals surface area contributed by atoms with Gasteiger partial charge in [-0.05, 0) is 17.7 Å². The van der Waals surface area contributed by atoms with E-state index in [0.717, 1.165) is 5.56 Å². The molecule has 0 saturated heterocycles. The Balaban J connectivity index is 2.20. The Morgan fingerprint density at radius 2 is 2.00 bits per heavy atom. The Morgan fingerprint density at radius 3 is 2.65 bits per heavy atom. The Hall–Kier alpha value is -2.24. The van der Waals surface area contributed by atoms with E-state index in [1.54, 1.807) is 12.1 Å².